The molecule has 150 valence electrons. The number of hydrogen-bond donors (Lipinski definition) is 1. The van der Waals surface area contributed by atoms with E-state index in [1.54, 1.807) is 6.08 Å². The van der Waals surface area contributed by atoms with Gasteiger partial charge in [0, 0.05) is 28.2 Å². The second kappa shape index (κ2) is 7.22. The van der Waals surface area contributed by atoms with Gasteiger partial charge >= 0.3 is 0 Å². The molecule has 4 rings (SSSR count). The number of nitrogens with one attached hydrogen (secondary N) is 1. The number of likely N-dealkylation sites (N-methyl/N-ethyl adjacent to an activating group) is 1. The highest BCUT2D eigenvalue weighted by Gasteiger charge is 2.63. The van der Waals surface area contributed by atoms with E-state index in [0.29, 0.717) is 6.54 Å². The number of carbonyl (C=O) groups excluding carboxylic acids is 2. The summed E-state index contributed by atoms with van der Waals surface area (Å²) in [5, 5.41) is 3.05. The second-order valence-electron chi connectivity index (χ2n) is 8.41. The summed E-state index contributed by atoms with van der Waals surface area (Å²) in [6, 6.07) is 14.1. The molecule has 1 N–H and O–H groups in total. The molecule has 1 saturated heterocycles. The van der Waals surface area contributed by atoms with Crippen molar-refractivity contribution in [2.75, 3.05) is 18.9 Å². The van der Waals surface area contributed by atoms with Crippen LogP contribution in [0.25, 0.3) is 0 Å². The van der Waals surface area contributed by atoms with Crippen LogP contribution in [0.1, 0.15) is 36.5 Å². The van der Waals surface area contributed by atoms with Crippen LogP contribution in [0.4, 0.5) is 5.69 Å². The SMILES string of the molecule is CC(C)=CC(=O)[C@H]1[C@H](c2ccc(Br)cc2)CN(C)[C@]12C(=O)Nc1ccc(C)cc12. The van der Waals surface area contributed by atoms with Crippen LogP contribution in [0.15, 0.2) is 58.6 Å². The van der Waals surface area contributed by atoms with Gasteiger partial charge in [0.2, 0.25) is 5.91 Å². The van der Waals surface area contributed by atoms with Crippen LogP contribution in [0.3, 0.4) is 0 Å². The summed E-state index contributed by atoms with van der Waals surface area (Å²) in [5.74, 6) is -0.674. The maximum atomic E-state index is 13.6. The number of amides is 1. The molecule has 0 saturated carbocycles. The first kappa shape index (κ1) is 20.0. The highest BCUT2D eigenvalue weighted by Crippen LogP contribution is 2.55. The summed E-state index contributed by atoms with van der Waals surface area (Å²) in [7, 11) is 1.96. The van der Waals surface area contributed by atoms with Crippen molar-refractivity contribution in [2.45, 2.75) is 32.2 Å². The Morgan fingerprint density at radius 1 is 1.21 bits per heavy atom. The van der Waals surface area contributed by atoms with Crippen molar-refractivity contribution in [2.24, 2.45) is 5.92 Å². The Morgan fingerprint density at radius 2 is 1.90 bits per heavy atom. The van der Waals surface area contributed by atoms with Gasteiger partial charge in [0.05, 0.1) is 5.92 Å². The Bertz CT molecular complexity index is 1020. The molecule has 1 spiro atoms. The third kappa shape index (κ3) is 3.08. The molecular weight excluding hydrogens is 428 g/mol. The third-order valence-electron chi connectivity index (χ3n) is 6.14. The van der Waals surface area contributed by atoms with Gasteiger partial charge in [0.1, 0.15) is 5.54 Å². The molecule has 2 aromatic carbocycles. The van der Waals surface area contributed by atoms with Gasteiger partial charge in [-0.2, -0.15) is 0 Å². The van der Waals surface area contributed by atoms with Gasteiger partial charge in [-0.1, -0.05) is 51.3 Å². The van der Waals surface area contributed by atoms with E-state index in [1.807, 2.05) is 52.1 Å². The smallest absolute Gasteiger partial charge is 0.250 e. The highest BCUT2D eigenvalue weighted by atomic mass is 79.9. The van der Waals surface area contributed by atoms with Crippen LogP contribution >= 0.6 is 15.9 Å². The van der Waals surface area contributed by atoms with E-state index in [0.717, 1.165) is 32.4 Å². The Morgan fingerprint density at radius 3 is 2.55 bits per heavy atom. The molecule has 4 nitrogen and oxygen atoms in total. The minimum Gasteiger partial charge on any atom is -0.324 e. The van der Waals surface area contributed by atoms with Crippen LogP contribution in [0.2, 0.25) is 0 Å². The van der Waals surface area contributed by atoms with Gasteiger partial charge in [-0.15, -0.1) is 0 Å². The van der Waals surface area contributed by atoms with Crippen LogP contribution in [0.5, 0.6) is 0 Å². The molecule has 1 amide bonds. The summed E-state index contributed by atoms with van der Waals surface area (Å²) >= 11 is 3.49. The molecule has 0 bridgehead atoms. The fourth-order valence-electron chi connectivity index (χ4n) is 4.97. The predicted octanol–water partition coefficient (Wildman–Crippen LogP) is 4.79. The Hall–Kier alpha value is -2.24. The number of rotatable bonds is 3. The van der Waals surface area contributed by atoms with Gasteiger partial charge < -0.3 is 5.32 Å². The first-order valence-corrected chi connectivity index (χ1v) is 10.6. The molecular formula is C24H25BrN2O2. The maximum absolute atomic E-state index is 13.6. The summed E-state index contributed by atoms with van der Waals surface area (Å²) in [5.41, 5.74) is 3.81. The van der Waals surface area contributed by atoms with E-state index in [2.05, 4.69) is 44.3 Å². The molecule has 0 aromatic heterocycles. The number of benzene rings is 2. The molecule has 2 aliphatic heterocycles. The summed E-state index contributed by atoms with van der Waals surface area (Å²) in [4.78, 5) is 29.1. The molecule has 2 aliphatic rings. The van der Waals surface area contributed by atoms with E-state index in [4.69, 9.17) is 0 Å². The summed E-state index contributed by atoms with van der Waals surface area (Å²) in [6.07, 6.45) is 1.69. The van der Waals surface area contributed by atoms with E-state index < -0.39 is 11.5 Å². The third-order valence-corrected chi connectivity index (χ3v) is 6.67. The van der Waals surface area contributed by atoms with Crippen molar-refractivity contribution in [3.05, 3.63) is 75.3 Å². The predicted molar refractivity (Wildman–Crippen MR) is 119 cm³/mol. The number of anilines is 1. The fourth-order valence-corrected chi connectivity index (χ4v) is 5.23. The summed E-state index contributed by atoms with van der Waals surface area (Å²) in [6.45, 7) is 6.50. The lowest BCUT2D eigenvalue weighted by atomic mass is 9.71. The minimum atomic E-state index is -0.998. The monoisotopic (exact) mass is 452 g/mol. The molecule has 0 radical (unpaired) electrons. The van der Waals surface area contributed by atoms with Crippen LogP contribution in [-0.4, -0.2) is 30.2 Å². The van der Waals surface area contributed by atoms with Crippen molar-refractivity contribution in [3.63, 3.8) is 0 Å². The molecule has 2 heterocycles. The minimum absolute atomic E-state index is 0.00627. The molecule has 2 aromatic rings. The quantitative estimate of drug-likeness (QED) is 0.681. The van der Waals surface area contributed by atoms with Gasteiger partial charge in [-0.05, 0) is 57.7 Å². The van der Waals surface area contributed by atoms with Crippen LogP contribution in [-0.2, 0) is 15.1 Å². The van der Waals surface area contributed by atoms with Crippen molar-refractivity contribution >= 4 is 33.3 Å². The van der Waals surface area contributed by atoms with E-state index in [1.165, 1.54) is 0 Å². The van der Waals surface area contributed by atoms with Crippen molar-refractivity contribution < 1.29 is 9.59 Å². The average Bonchev–Trinajstić information content (AvgIpc) is 3.11. The zero-order valence-corrected chi connectivity index (χ0v) is 18.7. The topological polar surface area (TPSA) is 49.4 Å². The normalized spacial score (nSPS) is 25.8. The number of carbonyl (C=O) groups is 2. The van der Waals surface area contributed by atoms with E-state index in [9.17, 15) is 9.59 Å². The number of halogens is 1. The van der Waals surface area contributed by atoms with Gasteiger partial charge in [-0.3, -0.25) is 14.5 Å². The zero-order chi connectivity index (χ0) is 20.9. The van der Waals surface area contributed by atoms with Gasteiger partial charge in [-0.25, -0.2) is 0 Å². The molecule has 0 aliphatic carbocycles. The van der Waals surface area contributed by atoms with Crippen molar-refractivity contribution in [1.29, 1.82) is 0 Å². The lowest BCUT2D eigenvalue weighted by molar-refractivity contribution is -0.133. The molecule has 1 fully saturated rings. The number of hydrogen-bond acceptors (Lipinski definition) is 3. The number of likely N-dealkylation sites (tertiary alicyclic amines) is 1. The molecule has 5 heteroatoms. The number of aryl methyl sites for hydroxylation is 1. The second-order valence-corrected chi connectivity index (χ2v) is 9.33. The Balaban J connectivity index is 1.94. The number of allylic oxidation sites excluding steroid dienone is 2. The number of fused-ring (bicyclic) bond motifs is 2. The zero-order valence-electron chi connectivity index (χ0n) is 17.1. The molecule has 0 unspecified atom stereocenters. The Kier molecular flexibility index (Phi) is 4.99. The maximum Gasteiger partial charge on any atom is 0.250 e. The van der Waals surface area contributed by atoms with E-state index in [-0.39, 0.29) is 17.6 Å². The molecule has 3 atom stereocenters. The van der Waals surface area contributed by atoms with Crippen molar-refractivity contribution in [3.8, 4) is 0 Å². The van der Waals surface area contributed by atoms with Gasteiger partial charge in [0.25, 0.3) is 0 Å². The van der Waals surface area contributed by atoms with Crippen LogP contribution in [0, 0.1) is 12.8 Å². The highest BCUT2D eigenvalue weighted by molar-refractivity contribution is 9.10. The lowest BCUT2D eigenvalue weighted by Crippen LogP contribution is -2.51. The van der Waals surface area contributed by atoms with Gasteiger partial charge in [0.15, 0.2) is 5.78 Å². The first-order valence-electron chi connectivity index (χ1n) is 9.83. The Labute approximate surface area is 180 Å². The standard InChI is InChI=1S/C24H25BrN2O2/c1-14(2)11-21(28)22-18(16-6-8-17(25)9-7-16)13-27(4)24(22)19-12-15(3)5-10-20(19)26-23(24)29/h5-12,18,22H,13H2,1-4H3,(H,26,29)/t18-,22+,24-/m0/s1. The van der Waals surface area contributed by atoms with Crippen LogP contribution < -0.4 is 5.32 Å². The fraction of sp³-hybridized carbons (Fsp3) is 0.333. The largest absolute Gasteiger partial charge is 0.324 e. The number of ketones is 1. The van der Waals surface area contributed by atoms with E-state index >= 15 is 0 Å². The summed E-state index contributed by atoms with van der Waals surface area (Å²) < 4.78 is 0.995. The van der Waals surface area contributed by atoms with Crippen molar-refractivity contribution in [1.82, 2.24) is 4.90 Å². The first-order chi connectivity index (χ1) is 13.7. The lowest BCUT2D eigenvalue weighted by Gasteiger charge is -2.35. The average molecular weight is 453 g/mol. The number of nitrogens with zero attached hydrogens (tertiary/aromatic N) is 1. The molecule has 29 heavy (non-hydrogen) atoms.